The van der Waals surface area contributed by atoms with Gasteiger partial charge in [0.15, 0.2) is 5.82 Å². The second-order valence-electron chi connectivity index (χ2n) is 5.54. The Morgan fingerprint density at radius 3 is 2.81 bits per heavy atom. The molecule has 0 bridgehead atoms. The van der Waals surface area contributed by atoms with Crippen LogP contribution in [0.15, 0.2) is 38.9 Å². The summed E-state index contributed by atoms with van der Waals surface area (Å²) in [4.78, 5) is 17.1. The van der Waals surface area contributed by atoms with Crippen molar-refractivity contribution >= 4 is 27.9 Å². The average molecular weight is 423 g/mol. The van der Waals surface area contributed by atoms with Gasteiger partial charge in [-0.05, 0) is 48.9 Å². The molecule has 2 aromatic rings. The second kappa shape index (κ2) is 7.32. The molecule has 1 atom stereocenters. The van der Waals surface area contributed by atoms with Gasteiger partial charge in [0.1, 0.15) is 11.9 Å². The smallest absolute Gasteiger partial charge is 0.338 e. The van der Waals surface area contributed by atoms with Crippen molar-refractivity contribution in [2.45, 2.75) is 26.8 Å². The monoisotopic (exact) mass is 422 g/mol. The Morgan fingerprint density at radius 2 is 2.19 bits per heavy atom. The minimum absolute atomic E-state index is 0.232. The number of carbonyl (C=O) groups excluding carboxylic acids is 1. The number of aliphatic imine (C=N–C) groups is 1. The molecule has 0 spiro atoms. The zero-order chi connectivity index (χ0) is 18.8. The Morgan fingerprint density at radius 1 is 1.42 bits per heavy atom. The first kappa shape index (κ1) is 18.2. The molecule has 0 radical (unpaired) electrons. The number of tetrazole rings is 1. The van der Waals surface area contributed by atoms with E-state index in [1.165, 1.54) is 16.8 Å². The van der Waals surface area contributed by atoms with Crippen LogP contribution in [0.1, 0.15) is 31.3 Å². The summed E-state index contributed by atoms with van der Waals surface area (Å²) in [5.41, 5.74) is 1.52. The van der Waals surface area contributed by atoms with Crippen LogP contribution >= 0.6 is 15.9 Å². The Hall–Kier alpha value is -2.62. The van der Waals surface area contributed by atoms with Crippen molar-refractivity contribution in [3.05, 3.63) is 51.1 Å². The number of hydrogen-bond donors (Lipinski definition) is 1. The molecular weight excluding hydrogens is 407 g/mol. The molecule has 10 heteroatoms. The van der Waals surface area contributed by atoms with E-state index in [0.717, 1.165) is 0 Å². The number of nitrogens with one attached hydrogen (secondary N) is 1. The maximum Gasteiger partial charge on any atom is 0.338 e. The third-order valence-electron chi connectivity index (χ3n) is 3.81. The van der Waals surface area contributed by atoms with Gasteiger partial charge in [0.2, 0.25) is 5.96 Å². The minimum atomic E-state index is -0.705. The third kappa shape index (κ3) is 3.36. The Kier molecular flexibility index (Phi) is 5.12. The summed E-state index contributed by atoms with van der Waals surface area (Å²) in [5, 5.41) is 14.4. The fourth-order valence-corrected chi connectivity index (χ4v) is 3.18. The van der Waals surface area contributed by atoms with E-state index in [0.29, 0.717) is 33.1 Å². The first-order valence-corrected chi connectivity index (χ1v) is 8.64. The highest BCUT2D eigenvalue weighted by atomic mass is 79.9. The van der Waals surface area contributed by atoms with Crippen molar-refractivity contribution in [1.82, 2.24) is 25.5 Å². The zero-order valence-electron chi connectivity index (χ0n) is 14.3. The highest BCUT2D eigenvalue weighted by Gasteiger charge is 2.32. The highest BCUT2D eigenvalue weighted by molar-refractivity contribution is 9.10. The minimum Gasteiger partial charge on any atom is -0.463 e. The molecule has 2 heterocycles. The molecule has 3 rings (SSSR count). The number of aromatic nitrogens is 4. The molecule has 1 aromatic heterocycles. The van der Waals surface area contributed by atoms with Crippen LogP contribution in [0.25, 0.3) is 0 Å². The lowest BCUT2D eigenvalue weighted by atomic mass is 9.96. The number of esters is 1. The number of benzene rings is 1. The van der Waals surface area contributed by atoms with Crippen LogP contribution in [0, 0.1) is 12.7 Å². The van der Waals surface area contributed by atoms with Crippen LogP contribution in [-0.2, 0) is 9.53 Å². The number of hydrogen-bond acceptors (Lipinski definition) is 7. The van der Waals surface area contributed by atoms with Gasteiger partial charge in [-0.3, -0.25) is 0 Å². The van der Waals surface area contributed by atoms with Crippen LogP contribution in [0.4, 0.5) is 4.39 Å². The van der Waals surface area contributed by atoms with Crippen LogP contribution < -0.4 is 5.32 Å². The first-order valence-electron chi connectivity index (χ1n) is 7.85. The first-order chi connectivity index (χ1) is 12.4. The van der Waals surface area contributed by atoms with Crippen LogP contribution in [-0.4, -0.2) is 38.7 Å². The summed E-state index contributed by atoms with van der Waals surface area (Å²) in [6.45, 7) is 5.43. The van der Waals surface area contributed by atoms with E-state index in [1.54, 1.807) is 26.8 Å². The fraction of sp³-hybridized carbons (Fsp3) is 0.312. The van der Waals surface area contributed by atoms with E-state index in [-0.39, 0.29) is 6.61 Å². The SMILES string of the molecule is CCOC(=O)C1=C(C)NC(n2nnnc2C)=NC1c1ccc(F)cc1Br. The Balaban J connectivity index is 2.14. The van der Waals surface area contributed by atoms with Crippen molar-refractivity contribution in [2.24, 2.45) is 4.99 Å². The van der Waals surface area contributed by atoms with Gasteiger partial charge < -0.3 is 10.1 Å². The van der Waals surface area contributed by atoms with Gasteiger partial charge in [0.25, 0.3) is 0 Å². The van der Waals surface area contributed by atoms with E-state index in [4.69, 9.17) is 4.74 Å². The molecule has 0 amide bonds. The van der Waals surface area contributed by atoms with Crippen molar-refractivity contribution in [3.63, 3.8) is 0 Å². The molecule has 1 aromatic carbocycles. The molecule has 0 aliphatic carbocycles. The van der Waals surface area contributed by atoms with Gasteiger partial charge in [-0.15, -0.1) is 5.10 Å². The number of halogens is 2. The predicted molar refractivity (Wildman–Crippen MR) is 94.7 cm³/mol. The summed E-state index contributed by atoms with van der Waals surface area (Å²) in [7, 11) is 0. The topological polar surface area (TPSA) is 94.3 Å². The molecule has 1 unspecified atom stereocenters. The predicted octanol–water partition coefficient (Wildman–Crippen LogP) is 2.27. The van der Waals surface area contributed by atoms with Crippen LogP contribution in [0.3, 0.4) is 0 Å². The van der Waals surface area contributed by atoms with E-state index in [1.807, 2.05) is 0 Å². The molecule has 8 nitrogen and oxygen atoms in total. The number of aryl methyl sites for hydroxylation is 1. The molecule has 26 heavy (non-hydrogen) atoms. The van der Waals surface area contributed by atoms with Crippen molar-refractivity contribution < 1.29 is 13.9 Å². The van der Waals surface area contributed by atoms with Crippen molar-refractivity contribution in [2.75, 3.05) is 6.61 Å². The lowest BCUT2D eigenvalue weighted by Crippen LogP contribution is -2.37. The lowest BCUT2D eigenvalue weighted by Gasteiger charge is -2.26. The van der Waals surface area contributed by atoms with Crippen molar-refractivity contribution in [1.29, 1.82) is 0 Å². The van der Waals surface area contributed by atoms with E-state index in [9.17, 15) is 9.18 Å². The largest absolute Gasteiger partial charge is 0.463 e. The fourth-order valence-electron chi connectivity index (χ4n) is 2.62. The summed E-state index contributed by atoms with van der Waals surface area (Å²) in [6, 6.07) is 3.52. The van der Waals surface area contributed by atoms with Crippen molar-refractivity contribution in [3.8, 4) is 0 Å². The lowest BCUT2D eigenvalue weighted by molar-refractivity contribution is -0.138. The van der Waals surface area contributed by atoms with E-state index < -0.39 is 17.8 Å². The maximum atomic E-state index is 13.5. The molecule has 0 saturated heterocycles. The number of ether oxygens (including phenoxy) is 1. The molecule has 1 aliphatic rings. The molecule has 0 fully saturated rings. The molecule has 1 aliphatic heterocycles. The summed E-state index contributed by atoms with van der Waals surface area (Å²) in [6.07, 6.45) is 0. The maximum absolute atomic E-state index is 13.5. The average Bonchev–Trinajstić information content (AvgIpc) is 3.00. The highest BCUT2D eigenvalue weighted by Crippen LogP contribution is 2.36. The number of rotatable bonds is 3. The van der Waals surface area contributed by atoms with E-state index >= 15 is 0 Å². The Labute approximate surface area is 157 Å². The quantitative estimate of drug-likeness (QED) is 0.762. The van der Waals surface area contributed by atoms with Gasteiger partial charge in [-0.1, -0.05) is 22.0 Å². The van der Waals surface area contributed by atoms with Gasteiger partial charge in [0, 0.05) is 10.2 Å². The van der Waals surface area contributed by atoms with E-state index in [2.05, 4.69) is 41.8 Å². The van der Waals surface area contributed by atoms with Gasteiger partial charge in [0.05, 0.1) is 12.2 Å². The molecule has 0 saturated carbocycles. The van der Waals surface area contributed by atoms with Crippen LogP contribution in [0.2, 0.25) is 0 Å². The van der Waals surface area contributed by atoms with Crippen LogP contribution in [0.5, 0.6) is 0 Å². The molecule has 1 N–H and O–H groups in total. The molecular formula is C16H16BrFN6O2. The summed E-state index contributed by atoms with van der Waals surface area (Å²) < 4.78 is 20.6. The second-order valence-corrected chi connectivity index (χ2v) is 6.40. The number of nitrogens with zero attached hydrogens (tertiary/aromatic N) is 5. The zero-order valence-corrected chi connectivity index (χ0v) is 15.9. The van der Waals surface area contributed by atoms with Gasteiger partial charge in [-0.25, -0.2) is 14.2 Å². The summed E-state index contributed by atoms with van der Waals surface area (Å²) >= 11 is 3.35. The van der Waals surface area contributed by atoms with Gasteiger partial charge >= 0.3 is 5.97 Å². The number of allylic oxidation sites excluding steroid dienone is 1. The Bertz CT molecular complexity index is 923. The third-order valence-corrected chi connectivity index (χ3v) is 4.49. The summed E-state index contributed by atoms with van der Waals surface area (Å²) in [5.74, 6) is 0.00302. The standard InChI is InChI=1S/C16H16BrFN6O2/c1-4-26-15(25)13-8(2)19-16(24-9(3)21-22-23-24)20-14(13)11-6-5-10(18)7-12(11)17/h5-7,14H,4H2,1-3H3,(H,19,20). The van der Waals surface area contributed by atoms with Gasteiger partial charge in [-0.2, -0.15) is 4.68 Å². The molecule has 136 valence electrons. The normalized spacial score (nSPS) is 17.0. The number of carbonyl (C=O) groups is 1.